The van der Waals surface area contributed by atoms with Gasteiger partial charge in [-0.3, -0.25) is 25.0 Å². The van der Waals surface area contributed by atoms with Crippen LogP contribution in [0.4, 0.5) is 22.7 Å². The Morgan fingerprint density at radius 1 is 0.943 bits per heavy atom. The number of rotatable bonds is 7. The van der Waals surface area contributed by atoms with E-state index in [1.807, 2.05) is 4.90 Å². The van der Waals surface area contributed by atoms with Crippen molar-refractivity contribution in [1.29, 1.82) is 0 Å². The molecule has 13 nitrogen and oxygen atoms in total. The van der Waals surface area contributed by atoms with E-state index in [4.69, 9.17) is 14.2 Å². The monoisotopic (exact) mass is 486 g/mol. The van der Waals surface area contributed by atoms with Crippen molar-refractivity contribution in [3.8, 4) is 11.5 Å². The number of hydrogen-bond acceptors (Lipinski definition) is 10. The first kappa shape index (κ1) is 23.7. The lowest BCUT2D eigenvalue weighted by Crippen LogP contribution is -2.22. The van der Waals surface area contributed by atoms with Gasteiger partial charge in [-0.2, -0.15) is 0 Å². The van der Waals surface area contributed by atoms with E-state index < -0.39 is 34.0 Å². The zero-order valence-corrected chi connectivity index (χ0v) is 18.6. The summed E-state index contributed by atoms with van der Waals surface area (Å²) in [4.78, 5) is 48.4. The fourth-order valence-corrected chi connectivity index (χ4v) is 3.87. The molecule has 0 bridgehead atoms. The van der Waals surface area contributed by atoms with Gasteiger partial charge in [0.2, 0.25) is 0 Å². The molecule has 2 aromatic rings. The Morgan fingerprint density at radius 2 is 1.60 bits per heavy atom. The van der Waals surface area contributed by atoms with Crippen molar-refractivity contribution < 1.29 is 33.6 Å². The number of hydrogen-bond donors (Lipinski definition) is 1. The van der Waals surface area contributed by atoms with Gasteiger partial charge in [0, 0.05) is 31.6 Å². The lowest BCUT2D eigenvalue weighted by Gasteiger charge is -2.17. The SMILES string of the molecule is O=C(COC(=O)c1ccc(N2CCCC2)c([N+](=O)[O-])c1)Nc1cc2c(cc1[N+](=O)[O-])OCCCO2. The van der Waals surface area contributed by atoms with Crippen LogP contribution in [0.25, 0.3) is 0 Å². The highest BCUT2D eigenvalue weighted by Gasteiger charge is 2.26. The van der Waals surface area contributed by atoms with Crippen LogP contribution >= 0.6 is 0 Å². The average molecular weight is 486 g/mol. The molecule has 1 amide bonds. The molecule has 1 fully saturated rings. The number of benzene rings is 2. The molecule has 0 saturated carbocycles. The van der Waals surface area contributed by atoms with E-state index in [0.29, 0.717) is 38.4 Å². The highest BCUT2D eigenvalue weighted by molar-refractivity contribution is 5.97. The number of anilines is 2. The fourth-order valence-electron chi connectivity index (χ4n) is 3.87. The van der Waals surface area contributed by atoms with Crippen molar-refractivity contribution in [2.75, 3.05) is 43.1 Å². The maximum Gasteiger partial charge on any atom is 0.338 e. The number of ether oxygens (including phenoxy) is 3. The summed E-state index contributed by atoms with van der Waals surface area (Å²) >= 11 is 0. The molecule has 1 saturated heterocycles. The summed E-state index contributed by atoms with van der Waals surface area (Å²) in [5, 5.41) is 25.3. The number of esters is 1. The molecule has 184 valence electrons. The van der Waals surface area contributed by atoms with Crippen LogP contribution < -0.4 is 19.7 Å². The molecule has 2 aromatic carbocycles. The van der Waals surface area contributed by atoms with Crippen LogP contribution in [0.15, 0.2) is 30.3 Å². The van der Waals surface area contributed by atoms with Crippen LogP contribution in [0.2, 0.25) is 0 Å². The van der Waals surface area contributed by atoms with E-state index in [2.05, 4.69) is 5.32 Å². The van der Waals surface area contributed by atoms with Gasteiger partial charge < -0.3 is 24.4 Å². The summed E-state index contributed by atoms with van der Waals surface area (Å²) in [6.45, 7) is 1.31. The number of amides is 1. The highest BCUT2D eigenvalue weighted by atomic mass is 16.6. The second-order valence-electron chi connectivity index (χ2n) is 7.90. The maximum atomic E-state index is 12.4. The summed E-state index contributed by atoms with van der Waals surface area (Å²) in [6, 6.07) is 6.43. The zero-order valence-electron chi connectivity index (χ0n) is 18.6. The summed E-state index contributed by atoms with van der Waals surface area (Å²) in [5.74, 6) is -1.34. The molecule has 13 heteroatoms. The van der Waals surface area contributed by atoms with E-state index in [1.54, 1.807) is 0 Å². The molecule has 2 aliphatic heterocycles. The molecular formula is C22H22N4O9. The van der Waals surface area contributed by atoms with Gasteiger partial charge in [0.05, 0.1) is 34.7 Å². The van der Waals surface area contributed by atoms with Gasteiger partial charge in [0.1, 0.15) is 11.4 Å². The Morgan fingerprint density at radius 3 is 2.26 bits per heavy atom. The van der Waals surface area contributed by atoms with E-state index in [1.165, 1.54) is 18.2 Å². The van der Waals surface area contributed by atoms with Gasteiger partial charge in [-0.05, 0) is 25.0 Å². The van der Waals surface area contributed by atoms with Crippen LogP contribution in [-0.2, 0) is 9.53 Å². The molecule has 1 N–H and O–H groups in total. The predicted molar refractivity (Wildman–Crippen MR) is 122 cm³/mol. The summed E-state index contributed by atoms with van der Waals surface area (Å²) in [7, 11) is 0. The van der Waals surface area contributed by atoms with Gasteiger partial charge in [0.25, 0.3) is 17.3 Å². The maximum absolute atomic E-state index is 12.4. The number of carbonyl (C=O) groups excluding carboxylic acids is 2. The van der Waals surface area contributed by atoms with Gasteiger partial charge in [-0.15, -0.1) is 0 Å². The van der Waals surface area contributed by atoms with Crippen molar-refractivity contribution in [3.63, 3.8) is 0 Å². The first-order valence-corrected chi connectivity index (χ1v) is 10.9. The number of nitrogens with zero attached hydrogens (tertiary/aromatic N) is 3. The third-order valence-electron chi connectivity index (χ3n) is 5.53. The van der Waals surface area contributed by atoms with Crippen LogP contribution in [0, 0.1) is 20.2 Å². The summed E-state index contributed by atoms with van der Waals surface area (Å²) in [6.07, 6.45) is 2.45. The second kappa shape index (κ2) is 10.2. The number of carbonyl (C=O) groups is 2. The first-order chi connectivity index (χ1) is 16.8. The van der Waals surface area contributed by atoms with Crippen LogP contribution in [0.5, 0.6) is 11.5 Å². The molecule has 0 spiro atoms. The Balaban J connectivity index is 1.44. The lowest BCUT2D eigenvalue weighted by molar-refractivity contribution is -0.384. The lowest BCUT2D eigenvalue weighted by atomic mass is 10.1. The van der Waals surface area contributed by atoms with Crippen LogP contribution in [0.3, 0.4) is 0 Å². The molecule has 0 unspecified atom stereocenters. The van der Waals surface area contributed by atoms with Gasteiger partial charge >= 0.3 is 5.97 Å². The van der Waals surface area contributed by atoms with Gasteiger partial charge in [-0.25, -0.2) is 4.79 Å². The van der Waals surface area contributed by atoms with Gasteiger partial charge in [-0.1, -0.05) is 0 Å². The predicted octanol–water partition coefficient (Wildman–Crippen LogP) is 3.06. The minimum absolute atomic E-state index is 0.0889. The Kier molecular flexibility index (Phi) is 6.94. The molecular weight excluding hydrogens is 464 g/mol. The van der Waals surface area contributed by atoms with Crippen molar-refractivity contribution >= 4 is 34.6 Å². The van der Waals surface area contributed by atoms with Crippen molar-refractivity contribution in [3.05, 3.63) is 56.1 Å². The van der Waals surface area contributed by atoms with Crippen molar-refractivity contribution in [2.24, 2.45) is 0 Å². The van der Waals surface area contributed by atoms with Gasteiger partial charge in [0.15, 0.2) is 18.1 Å². The van der Waals surface area contributed by atoms with E-state index in [9.17, 15) is 29.8 Å². The summed E-state index contributed by atoms with van der Waals surface area (Å²) < 4.78 is 15.9. The van der Waals surface area contributed by atoms with Crippen molar-refractivity contribution in [2.45, 2.75) is 19.3 Å². The zero-order chi connectivity index (χ0) is 24.9. The normalized spacial score (nSPS) is 14.7. The average Bonchev–Trinajstić information content (AvgIpc) is 3.27. The molecule has 2 heterocycles. The molecule has 4 rings (SSSR count). The Bertz CT molecular complexity index is 1180. The van der Waals surface area contributed by atoms with E-state index >= 15 is 0 Å². The third kappa shape index (κ3) is 5.39. The molecule has 0 aliphatic carbocycles. The minimum atomic E-state index is -0.940. The van der Waals surface area contributed by atoms with E-state index in [-0.39, 0.29) is 28.4 Å². The molecule has 2 aliphatic rings. The largest absolute Gasteiger partial charge is 0.489 e. The minimum Gasteiger partial charge on any atom is -0.489 e. The number of fused-ring (bicyclic) bond motifs is 1. The number of nitro benzene ring substituents is 2. The topological polar surface area (TPSA) is 163 Å². The highest BCUT2D eigenvalue weighted by Crippen LogP contribution is 2.39. The Labute approximate surface area is 198 Å². The first-order valence-electron chi connectivity index (χ1n) is 10.9. The van der Waals surface area contributed by atoms with Crippen molar-refractivity contribution in [1.82, 2.24) is 0 Å². The summed E-state index contributed by atoms with van der Waals surface area (Å²) in [5.41, 5.74) is -0.459. The molecule has 35 heavy (non-hydrogen) atoms. The smallest absolute Gasteiger partial charge is 0.338 e. The molecule has 0 aromatic heterocycles. The van der Waals surface area contributed by atoms with Crippen LogP contribution in [0.1, 0.15) is 29.6 Å². The molecule has 0 atom stereocenters. The quantitative estimate of drug-likeness (QED) is 0.349. The fraction of sp³-hybridized carbons (Fsp3) is 0.364. The number of nitrogens with one attached hydrogen (secondary N) is 1. The second-order valence-corrected chi connectivity index (χ2v) is 7.90. The Hall–Kier alpha value is -4.42. The third-order valence-corrected chi connectivity index (χ3v) is 5.53. The molecule has 0 radical (unpaired) electrons. The number of nitro groups is 2. The standard InChI is InChI=1S/C22H22N4O9/c27-21(23-15-11-19-20(12-17(15)25(29)30)34-9-3-8-33-19)13-35-22(28)14-4-5-16(18(10-14)26(31)32)24-6-1-2-7-24/h4-5,10-12H,1-3,6-9,13H2,(H,23,27). The van der Waals surface area contributed by atoms with E-state index in [0.717, 1.165) is 25.0 Å². The van der Waals surface area contributed by atoms with Crippen LogP contribution in [-0.4, -0.2) is 54.6 Å².